The highest BCUT2D eigenvalue weighted by atomic mass is 79.9. The molecule has 0 unspecified atom stereocenters. The van der Waals surface area contributed by atoms with E-state index in [1.54, 1.807) is 0 Å². The molecule has 0 N–H and O–H groups in total. The molecule has 4 heteroatoms. The fourth-order valence-corrected chi connectivity index (χ4v) is 2.80. The van der Waals surface area contributed by atoms with Crippen molar-refractivity contribution in [1.29, 1.82) is 0 Å². The molecule has 0 spiro atoms. The maximum absolute atomic E-state index is 12.9. The van der Waals surface area contributed by atoms with Crippen LogP contribution in [0.15, 0.2) is 59.2 Å². The normalized spacial score (nSPS) is 10.9. The molecular formula is C16H11BrFNO. The van der Waals surface area contributed by atoms with Crippen molar-refractivity contribution in [2.75, 3.05) is 0 Å². The molecule has 1 aromatic heterocycles. The van der Waals surface area contributed by atoms with Gasteiger partial charge in [-0.25, -0.2) is 4.39 Å². The number of aromatic nitrogens is 1. The third kappa shape index (κ3) is 2.39. The monoisotopic (exact) mass is 331 g/mol. The quantitative estimate of drug-likeness (QED) is 0.651. The maximum Gasteiger partial charge on any atom is 0.182 e. The first-order valence-electron chi connectivity index (χ1n) is 6.17. The lowest BCUT2D eigenvalue weighted by atomic mass is 10.1. The molecule has 0 radical (unpaired) electrons. The molecule has 0 atom stereocenters. The van der Waals surface area contributed by atoms with E-state index in [9.17, 15) is 9.18 Å². The van der Waals surface area contributed by atoms with Gasteiger partial charge < -0.3 is 4.57 Å². The second-order valence-electron chi connectivity index (χ2n) is 4.55. The number of Topliss-reactive ketones (excluding diaryl/α,β-unsaturated/α-hetero) is 1. The number of para-hydroxylation sites is 1. The van der Waals surface area contributed by atoms with Crippen molar-refractivity contribution in [1.82, 2.24) is 4.57 Å². The standard InChI is InChI=1S/C16H11BrFNO/c17-14-9-19(15-4-2-1-3-13(14)15)10-16(20)11-5-7-12(18)8-6-11/h1-9H,10H2. The molecule has 0 aliphatic carbocycles. The molecule has 0 aliphatic heterocycles. The van der Waals surface area contributed by atoms with Crippen LogP contribution >= 0.6 is 15.9 Å². The van der Waals surface area contributed by atoms with Gasteiger partial charge in [0.15, 0.2) is 5.78 Å². The van der Waals surface area contributed by atoms with Crippen molar-refractivity contribution in [2.24, 2.45) is 0 Å². The van der Waals surface area contributed by atoms with E-state index in [0.717, 1.165) is 15.4 Å². The smallest absolute Gasteiger partial charge is 0.182 e. The highest BCUT2D eigenvalue weighted by molar-refractivity contribution is 9.10. The second kappa shape index (κ2) is 5.21. The molecule has 0 saturated heterocycles. The van der Waals surface area contributed by atoms with Crippen LogP contribution in [0.1, 0.15) is 10.4 Å². The van der Waals surface area contributed by atoms with Gasteiger partial charge in [-0.2, -0.15) is 0 Å². The minimum Gasteiger partial charge on any atom is -0.338 e. The fraction of sp³-hybridized carbons (Fsp3) is 0.0625. The lowest BCUT2D eigenvalue weighted by Crippen LogP contribution is -2.09. The minimum absolute atomic E-state index is 0.0433. The van der Waals surface area contributed by atoms with Crippen molar-refractivity contribution in [3.05, 3.63) is 70.6 Å². The van der Waals surface area contributed by atoms with Gasteiger partial charge in [-0.15, -0.1) is 0 Å². The number of benzene rings is 2. The summed E-state index contributed by atoms with van der Waals surface area (Å²) in [5, 5.41) is 1.07. The van der Waals surface area contributed by atoms with E-state index in [1.807, 2.05) is 35.0 Å². The zero-order valence-corrected chi connectivity index (χ0v) is 12.1. The van der Waals surface area contributed by atoms with Gasteiger partial charge in [-0.05, 0) is 46.3 Å². The van der Waals surface area contributed by atoms with Gasteiger partial charge in [0.1, 0.15) is 5.82 Å². The van der Waals surface area contributed by atoms with Crippen LogP contribution in [0.3, 0.4) is 0 Å². The predicted molar refractivity (Wildman–Crippen MR) is 80.4 cm³/mol. The second-order valence-corrected chi connectivity index (χ2v) is 5.41. The van der Waals surface area contributed by atoms with Gasteiger partial charge in [-0.1, -0.05) is 18.2 Å². The topological polar surface area (TPSA) is 22.0 Å². The first-order valence-corrected chi connectivity index (χ1v) is 6.96. The van der Waals surface area contributed by atoms with Gasteiger partial charge in [-0.3, -0.25) is 4.79 Å². The average molecular weight is 332 g/mol. The SMILES string of the molecule is O=C(Cn1cc(Br)c2ccccc21)c1ccc(F)cc1. The summed E-state index contributed by atoms with van der Waals surface area (Å²) in [6.45, 7) is 0.234. The third-order valence-corrected chi connectivity index (χ3v) is 3.85. The lowest BCUT2D eigenvalue weighted by molar-refractivity contribution is 0.0973. The van der Waals surface area contributed by atoms with Crippen LogP contribution < -0.4 is 0 Å². The Bertz CT molecular complexity index is 777. The van der Waals surface area contributed by atoms with Crippen LogP contribution in [0.25, 0.3) is 10.9 Å². The Hall–Kier alpha value is -1.94. The molecule has 0 aliphatic rings. The molecule has 0 amide bonds. The Morgan fingerprint density at radius 3 is 2.55 bits per heavy atom. The molecule has 3 aromatic rings. The summed E-state index contributed by atoms with van der Waals surface area (Å²) in [6, 6.07) is 13.5. The van der Waals surface area contributed by atoms with Crippen molar-refractivity contribution >= 4 is 32.6 Å². The molecule has 100 valence electrons. The highest BCUT2D eigenvalue weighted by Gasteiger charge is 2.11. The van der Waals surface area contributed by atoms with E-state index in [4.69, 9.17) is 0 Å². The van der Waals surface area contributed by atoms with Crippen molar-refractivity contribution in [2.45, 2.75) is 6.54 Å². The van der Waals surface area contributed by atoms with E-state index < -0.39 is 0 Å². The summed E-state index contributed by atoms with van der Waals surface area (Å²) in [4.78, 5) is 12.2. The van der Waals surface area contributed by atoms with Gasteiger partial charge >= 0.3 is 0 Å². The Morgan fingerprint density at radius 2 is 1.80 bits per heavy atom. The van der Waals surface area contributed by atoms with E-state index >= 15 is 0 Å². The third-order valence-electron chi connectivity index (χ3n) is 3.22. The average Bonchev–Trinajstić information content (AvgIpc) is 2.77. The fourth-order valence-electron chi connectivity index (χ4n) is 2.21. The Balaban J connectivity index is 1.93. The number of fused-ring (bicyclic) bond motifs is 1. The van der Waals surface area contributed by atoms with E-state index in [1.165, 1.54) is 24.3 Å². The summed E-state index contributed by atoms with van der Waals surface area (Å²) in [7, 11) is 0. The van der Waals surface area contributed by atoms with Crippen LogP contribution in [0.2, 0.25) is 0 Å². The Labute approximate surface area is 124 Å². The number of rotatable bonds is 3. The van der Waals surface area contributed by atoms with Crippen molar-refractivity contribution < 1.29 is 9.18 Å². The molecule has 20 heavy (non-hydrogen) atoms. The number of nitrogens with zero attached hydrogens (tertiary/aromatic N) is 1. The number of hydrogen-bond acceptors (Lipinski definition) is 1. The van der Waals surface area contributed by atoms with Gasteiger partial charge in [0.2, 0.25) is 0 Å². The largest absolute Gasteiger partial charge is 0.338 e. The Kier molecular flexibility index (Phi) is 3.40. The van der Waals surface area contributed by atoms with E-state index in [2.05, 4.69) is 15.9 Å². The maximum atomic E-state index is 12.9. The van der Waals surface area contributed by atoms with Crippen LogP contribution in [0, 0.1) is 5.82 Å². The summed E-state index contributed by atoms with van der Waals surface area (Å²) >= 11 is 3.49. The number of hydrogen-bond donors (Lipinski definition) is 0. The van der Waals surface area contributed by atoms with Crippen LogP contribution in [0.5, 0.6) is 0 Å². The molecular weight excluding hydrogens is 321 g/mol. The van der Waals surface area contributed by atoms with Gasteiger partial charge in [0.25, 0.3) is 0 Å². The van der Waals surface area contributed by atoms with E-state index in [0.29, 0.717) is 5.56 Å². The minimum atomic E-state index is -0.337. The van der Waals surface area contributed by atoms with Crippen LogP contribution in [-0.4, -0.2) is 10.4 Å². The summed E-state index contributed by atoms with van der Waals surface area (Å²) in [6.07, 6.45) is 1.89. The molecule has 1 heterocycles. The first kappa shape index (κ1) is 13.1. The molecule has 0 saturated carbocycles. The number of ketones is 1. The van der Waals surface area contributed by atoms with E-state index in [-0.39, 0.29) is 18.1 Å². The summed E-state index contributed by atoms with van der Waals surface area (Å²) in [5.41, 5.74) is 1.51. The Morgan fingerprint density at radius 1 is 1.10 bits per heavy atom. The van der Waals surface area contributed by atoms with Crippen molar-refractivity contribution in [3.63, 3.8) is 0 Å². The molecule has 0 bridgehead atoms. The summed E-state index contributed by atoms with van der Waals surface area (Å²) < 4.78 is 15.7. The van der Waals surface area contributed by atoms with Gasteiger partial charge in [0, 0.05) is 27.1 Å². The van der Waals surface area contributed by atoms with Gasteiger partial charge in [0.05, 0.1) is 6.54 Å². The molecule has 0 fully saturated rings. The lowest BCUT2D eigenvalue weighted by Gasteiger charge is -2.04. The zero-order valence-electron chi connectivity index (χ0n) is 10.5. The number of carbonyl (C=O) groups is 1. The summed E-state index contributed by atoms with van der Waals surface area (Å²) in [5.74, 6) is -0.381. The van der Waals surface area contributed by atoms with Crippen LogP contribution in [-0.2, 0) is 6.54 Å². The predicted octanol–water partition coefficient (Wildman–Crippen LogP) is 4.43. The highest BCUT2D eigenvalue weighted by Crippen LogP contribution is 2.26. The number of carbonyl (C=O) groups excluding carboxylic acids is 1. The molecule has 2 aromatic carbocycles. The zero-order chi connectivity index (χ0) is 14.1. The van der Waals surface area contributed by atoms with Crippen LogP contribution in [0.4, 0.5) is 4.39 Å². The number of halogens is 2. The first-order chi connectivity index (χ1) is 9.65. The molecule has 3 rings (SSSR count). The molecule has 2 nitrogen and oxygen atoms in total. The van der Waals surface area contributed by atoms with Crippen molar-refractivity contribution in [3.8, 4) is 0 Å².